The van der Waals surface area contributed by atoms with Crippen LogP contribution in [0.25, 0.3) is 0 Å². The summed E-state index contributed by atoms with van der Waals surface area (Å²) in [5, 5.41) is 0. The summed E-state index contributed by atoms with van der Waals surface area (Å²) in [7, 11) is 1.47. The van der Waals surface area contributed by atoms with Gasteiger partial charge in [-0.3, -0.25) is 4.99 Å². The number of likely N-dealkylation sites (tertiary alicyclic amines) is 1. The molecule has 1 fully saturated rings. The van der Waals surface area contributed by atoms with E-state index in [4.69, 9.17) is 19.9 Å². The van der Waals surface area contributed by atoms with Gasteiger partial charge in [-0.15, -0.1) is 0 Å². The minimum absolute atomic E-state index is 0.0275. The van der Waals surface area contributed by atoms with Gasteiger partial charge in [-0.1, -0.05) is 12.1 Å². The van der Waals surface area contributed by atoms with Crippen LogP contribution in [-0.2, 0) is 22.5 Å². The predicted molar refractivity (Wildman–Crippen MR) is 142 cm³/mol. The van der Waals surface area contributed by atoms with Gasteiger partial charge in [-0.05, 0) is 67.1 Å². The van der Waals surface area contributed by atoms with Crippen molar-refractivity contribution in [1.82, 2.24) is 4.90 Å². The van der Waals surface area contributed by atoms with Gasteiger partial charge in [-0.2, -0.15) is 26.3 Å². The number of piperidine rings is 1. The van der Waals surface area contributed by atoms with Gasteiger partial charge in [0.1, 0.15) is 11.6 Å². The summed E-state index contributed by atoms with van der Waals surface area (Å²) >= 11 is 0. The van der Waals surface area contributed by atoms with Gasteiger partial charge in [0.05, 0.1) is 37.3 Å². The van der Waals surface area contributed by atoms with Gasteiger partial charge < -0.3 is 24.8 Å². The van der Waals surface area contributed by atoms with Crippen molar-refractivity contribution in [3.63, 3.8) is 0 Å². The molecule has 0 bridgehead atoms. The first-order chi connectivity index (χ1) is 20.3. The molecule has 1 amide bonds. The maximum atomic E-state index is 14.2. The zero-order valence-electron chi connectivity index (χ0n) is 23.1. The lowest BCUT2D eigenvalue weighted by Gasteiger charge is -2.34. The van der Waals surface area contributed by atoms with Crippen LogP contribution in [-0.4, -0.2) is 62.0 Å². The van der Waals surface area contributed by atoms with Crippen molar-refractivity contribution < 1.29 is 49.7 Å². The van der Waals surface area contributed by atoms with Crippen molar-refractivity contribution >= 4 is 17.5 Å². The standard InChI is InChI=1S/C29H30F7N3O4/c1-41-21-6-2-17(3-7-21)15-42-16-24(28(31,32)33)43-27(40)39-12-10-18(11-13-39)26(37)25(29(34,35)36)23-8-4-19-14-20(30)5-9-22(19)38-23/h2-3,5-7,9,14,18,24H,4,8,10-13,15-16,37H2,1H3/b26-25+. The van der Waals surface area contributed by atoms with E-state index >= 15 is 0 Å². The molecule has 7 nitrogen and oxygen atoms in total. The zero-order chi connectivity index (χ0) is 31.4. The molecule has 2 aromatic carbocycles. The minimum Gasteiger partial charge on any atom is -0.497 e. The number of nitrogens with two attached hydrogens (primary N) is 1. The molecule has 2 aromatic rings. The summed E-state index contributed by atoms with van der Waals surface area (Å²) in [5.74, 6) is -0.756. The average Bonchev–Trinajstić information content (AvgIpc) is 2.96. The van der Waals surface area contributed by atoms with Gasteiger partial charge in [0, 0.05) is 24.7 Å². The number of aliphatic imine (C=N–C) groups is 1. The van der Waals surface area contributed by atoms with Crippen molar-refractivity contribution in [3.05, 3.63) is 70.7 Å². The van der Waals surface area contributed by atoms with Crippen LogP contribution in [0, 0.1) is 11.7 Å². The van der Waals surface area contributed by atoms with Crippen molar-refractivity contribution in [3.8, 4) is 5.75 Å². The summed E-state index contributed by atoms with van der Waals surface area (Å²) in [6.07, 6.45) is -13.5. The lowest BCUT2D eigenvalue weighted by molar-refractivity contribution is -0.220. The molecule has 14 heteroatoms. The number of hydrogen-bond donors (Lipinski definition) is 1. The molecule has 0 aromatic heterocycles. The first-order valence-corrected chi connectivity index (χ1v) is 13.4. The molecule has 0 saturated carbocycles. The molecule has 234 valence electrons. The van der Waals surface area contributed by atoms with Gasteiger partial charge in [-0.25, -0.2) is 9.18 Å². The third-order valence-corrected chi connectivity index (χ3v) is 7.29. The maximum Gasteiger partial charge on any atom is 0.427 e. The van der Waals surface area contributed by atoms with E-state index in [1.165, 1.54) is 19.2 Å². The lowest BCUT2D eigenvalue weighted by atomic mass is 9.87. The van der Waals surface area contributed by atoms with E-state index in [-0.39, 0.29) is 56.8 Å². The number of ether oxygens (including phenoxy) is 3. The molecule has 0 spiro atoms. The summed E-state index contributed by atoms with van der Waals surface area (Å²) in [5.41, 5.74) is 5.54. The van der Waals surface area contributed by atoms with Crippen molar-refractivity contribution in [2.75, 3.05) is 26.8 Å². The Balaban J connectivity index is 1.38. The molecule has 0 aliphatic carbocycles. The number of hydrogen-bond acceptors (Lipinski definition) is 6. The normalized spacial score (nSPS) is 17.5. The van der Waals surface area contributed by atoms with Crippen LogP contribution < -0.4 is 10.5 Å². The highest BCUT2D eigenvalue weighted by molar-refractivity contribution is 6.04. The van der Waals surface area contributed by atoms with Crippen LogP contribution in [0.5, 0.6) is 5.75 Å². The Morgan fingerprint density at radius 3 is 2.33 bits per heavy atom. The zero-order valence-corrected chi connectivity index (χ0v) is 23.1. The number of alkyl halides is 6. The summed E-state index contributed by atoms with van der Waals surface area (Å²) in [6.45, 7) is -1.44. The summed E-state index contributed by atoms with van der Waals surface area (Å²) < 4.78 is 112. The van der Waals surface area contributed by atoms with Crippen molar-refractivity contribution in [2.24, 2.45) is 16.6 Å². The number of rotatable bonds is 8. The second kappa shape index (κ2) is 13.2. The number of carbonyl (C=O) groups excluding carboxylic acids is 1. The van der Waals surface area contributed by atoms with E-state index in [0.717, 1.165) is 11.0 Å². The Kier molecular flexibility index (Phi) is 9.88. The quantitative estimate of drug-likeness (QED) is 0.337. The highest BCUT2D eigenvalue weighted by atomic mass is 19.4. The molecular formula is C29H30F7N3O4. The molecule has 1 saturated heterocycles. The Hall–Kier alpha value is -3.81. The lowest BCUT2D eigenvalue weighted by Crippen LogP contribution is -2.45. The van der Waals surface area contributed by atoms with Crippen LogP contribution in [0.4, 0.5) is 41.2 Å². The number of allylic oxidation sites excluding steroid dienone is 2. The molecule has 2 aliphatic rings. The molecule has 1 unspecified atom stereocenters. The number of benzene rings is 2. The fourth-order valence-corrected chi connectivity index (χ4v) is 4.97. The van der Waals surface area contributed by atoms with Gasteiger partial charge in [0.15, 0.2) is 0 Å². The minimum atomic E-state index is -4.91. The first-order valence-electron chi connectivity index (χ1n) is 13.4. The maximum absolute atomic E-state index is 14.2. The predicted octanol–water partition coefficient (Wildman–Crippen LogP) is 6.62. The van der Waals surface area contributed by atoms with E-state index < -0.39 is 54.2 Å². The third-order valence-electron chi connectivity index (χ3n) is 7.29. The number of carbonyl (C=O) groups is 1. The van der Waals surface area contributed by atoms with E-state index in [1.807, 2.05) is 0 Å². The van der Waals surface area contributed by atoms with Crippen molar-refractivity contribution in [2.45, 2.75) is 50.7 Å². The number of halogens is 7. The molecule has 2 heterocycles. The Labute approximate surface area is 243 Å². The average molecular weight is 618 g/mol. The summed E-state index contributed by atoms with van der Waals surface area (Å²) in [6, 6.07) is 10.1. The van der Waals surface area contributed by atoms with Crippen LogP contribution >= 0.6 is 0 Å². The monoisotopic (exact) mass is 617 g/mol. The highest BCUT2D eigenvalue weighted by Gasteiger charge is 2.45. The second-order valence-electron chi connectivity index (χ2n) is 10.2. The molecular weight excluding hydrogens is 587 g/mol. The number of nitrogens with zero attached hydrogens (tertiary/aromatic N) is 2. The fourth-order valence-electron chi connectivity index (χ4n) is 4.97. The number of methoxy groups -OCH3 is 1. The molecule has 2 aliphatic heterocycles. The van der Waals surface area contributed by atoms with E-state index in [9.17, 15) is 35.5 Å². The largest absolute Gasteiger partial charge is 0.497 e. The SMILES string of the molecule is COc1ccc(COCC(OC(=O)N2CCC(/C(N)=C(/C3=Nc4ccc(F)cc4CC3)C(F)(F)F)CC2)C(F)(F)F)cc1. The topological polar surface area (TPSA) is 86.4 Å². The number of amides is 1. The molecule has 1 atom stereocenters. The van der Waals surface area contributed by atoms with E-state index in [2.05, 4.69) is 4.99 Å². The van der Waals surface area contributed by atoms with Crippen LogP contribution in [0.15, 0.2) is 58.7 Å². The van der Waals surface area contributed by atoms with Gasteiger partial charge in [0.25, 0.3) is 0 Å². The Morgan fingerprint density at radius 1 is 1.05 bits per heavy atom. The Bertz CT molecular complexity index is 1350. The van der Waals surface area contributed by atoms with E-state index in [1.54, 1.807) is 24.3 Å². The molecule has 2 N–H and O–H groups in total. The smallest absolute Gasteiger partial charge is 0.427 e. The van der Waals surface area contributed by atoms with Gasteiger partial charge >= 0.3 is 18.4 Å². The molecule has 43 heavy (non-hydrogen) atoms. The van der Waals surface area contributed by atoms with Gasteiger partial charge in [0.2, 0.25) is 6.10 Å². The molecule has 0 radical (unpaired) electrons. The van der Waals surface area contributed by atoms with Crippen molar-refractivity contribution in [1.29, 1.82) is 0 Å². The Morgan fingerprint density at radius 2 is 1.72 bits per heavy atom. The van der Waals surface area contributed by atoms with Crippen LogP contribution in [0.2, 0.25) is 0 Å². The van der Waals surface area contributed by atoms with Crippen LogP contribution in [0.1, 0.15) is 30.4 Å². The first kappa shape index (κ1) is 32.1. The third kappa shape index (κ3) is 8.18. The van der Waals surface area contributed by atoms with E-state index in [0.29, 0.717) is 16.9 Å². The molecule has 4 rings (SSSR count). The highest BCUT2D eigenvalue weighted by Crippen LogP contribution is 2.38. The van der Waals surface area contributed by atoms with Crippen LogP contribution in [0.3, 0.4) is 0 Å². The summed E-state index contributed by atoms with van der Waals surface area (Å²) in [4.78, 5) is 17.7. The second-order valence-corrected chi connectivity index (χ2v) is 10.2. The fraction of sp³-hybridized carbons (Fsp3) is 0.448. The number of aryl methyl sites for hydroxylation is 1. The number of fused-ring (bicyclic) bond motifs is 1.